The summed E-state index contributed by atoms with van der Waals surface area (Å²) in [4.78, 5) is 12.2. The molecule has 3 saturated carbocycles. The molecule has 1 heteroatoms. The number of hydrogen-bond acceptors (Lipinski definition) is 1. The van der Waals surface area contributed by atoms with Crippen molar-refractivity contribution >= 4 is 5.78 Å². The Balaban J connectivity index is 1.73. The number of carbonyl (C=O) groups excluding carboxylic acids is 1. The molecule has 1 nitrogen and oxygen atoms in total. The van der Waals surface area contributed by atoms with E-state index in [-0.39, 0.29) is 0 Å². The van der Waals surface area contributed by atoms with Crippen molar-refractivity contribution in [2.24, 2.45) is 23.7 Å². The lowest BCUT2D eigenvalue weighted by molar-refractivity contribution is -0.127. The van der Waals surface area contributed by atoms with Gasteiger partial charge in [-0.15, -0.1) is 0 Å². The highest BCUT2D eigenvalue weighted by molar-refractivity contribution is 5.87. The number of Topliss-reactive ketones (excluding diaryl/α,β-unsaturated/α-hetero) is 1. The molecule has 0 aromatic carbocycles. The smallest absolute Gasteiger partial charge is 0.139 e. The van der Waals surface area contributed by atoms with Crippen LogP contribution in [0.1, 0.15) is 57.8 Å². The Hall–Kier alpha value is -0.330. The summed E-state index contributed by atoms with van der Waals surface area (Å²) in [5, 5.41) is 0. The fraction of sp³-hybridized carbons (Fsp3) is 0.929. The Kier molecular flexibility index (Phi) is 2.58. The van der Waals surface area contributed by atoms with Gasteiger partial charge in [-0.3, -0.25) is 4.79 Å². The van der Waals surface area contributed by atoms with Gasteiger partial charge in [-0.05, 0) is 43.9 Å². The maximum absolute atomic E-state index is 12.2. The molecule has 0 saturated heterocycles. The standard InChI is InChI=1S/C14H22O/c15-14-12-8-7-11(9-12)13(14)10-5-3-1-2-4-6-10/h10-13H,1-9H2. The summed E-state index contributed by atoms with van der Waals surface area (Å²) in [6.45, 7) is 0. The third-order valence-corrected chi connectivity index (χ3v) is 5.12. The minimum absolute atomic E-state index is 0.489. The van der Waals surface area contributed by atoms with Crippen molar-refractivity contribution in [1.29, 1.82) is 0 Å². The van der Waals surface area contributed by atoms with Crippen molar-refractivity contribution < 1.29 is 4.79 Å². The minimum atomic E-state index is 0.489. The van der Waals surface area contributed by atoms with Gasteiger partial charge in [0.15, 0.2) is 0 Å². The predicted octanol–water partition coefficient (Wildman–Crippen LogP) is 3.57. The average molecular weight is 206 g/mol. The predicted molar refractivity (Wildman–Crippen MR) is 60.5 cm³/mol. The minimum Gasteiger partial charge on any atom is -0.299 e. The monoisotopic (exact) mass is 206 g/mol. The number of ketones is 1. The number of fused-ring (bicyclic) bond motifs is 2. The van der Waals surface area contributed by atoms with Gasteiger partial charge in [0.2, 0.25) is 0 Å². The van der Waals surface area contributed by atoms with E-state index < -0.39 is 0 Å². The van der Waals surface area contributed by atoms with Gasteiger partial charge in [0, 0.05) is 11.8 Å². The highest BCUT2D eigenvalue weighted by atomic mass is 16.1. The van der Waals surface area contributed by atoms with Gasteiger partial charge in [-0.1, -0.05) is 25.7 Å². The van der Waals surface area contributed by atoms with Gasteiger partial charge in [-0.25, -0.2) is 0 Å². The number of rotatable bonds is 1. The molecule has 3 fully saturated rings. The second-order valence-electron chi connectivity index (χ2n) is 5.95. The Labute approximate surface area is 92.6 Å². The first-order valence-corrected chi connectivity index (χ1v) is 6.90. The molecule has 0 amide bonds. The first-order valence-electron chi connectivity index (χ1n) is 6.90. The summed E-state index contributed by atoms with van der Waals surface area (Å²) in [6.07, 6.45) is 12.1. The van der Waals surface area contributed by atoms with E-state index in [2.05, 4.69) is 0 Å². The topological polar surface area (TPSA) is 17.1 Å². The van der Waals surface area contributed by atoms with Crippen LogP contribution in [0.3, 0.4) is 0 Å². The van der Waals surface area contributed by atoms with Crippen LogP contribution in [0.4, 0.5) is 0 Å². The van der Waals surface area contributed by atoms with E-state index in [1.807, 2.05) is 0 Å². The van der Waals surface area contributed by atoms with Crippen LogP contribution in [0.5, 0.6) is 0 Å². The Morgan fingerprint density at radius 2 is 1.53 bits per heavy atom. The van der Waals surface area contributed by atoms with Crippen LogP contribution in [-0.2, 0) is 4.79 Å². The van der Waals surface area contributed by atoms with E-state index in [0.717, 1.165) is 11.8 Å². The van der Waals surface area contributed by atoms with E-state index in [4.69, 9.17) is 0 Å². The van der Waals surface area contributed by atoms with E-state index in [1.54, 1.807) is 0 Å². The van der Waals surface area contributed by atoms with Gasteiger partial charge < -0.3 is 0 Å². The zero-order valence-corrected chi connectivity index (χ0v) is 9.58. The maximum atomic E-state index is 12.2. The van der Waals surface area contributed by atoms with Crippen molar-refractivity contribution in [2.75, 3.05) is 0 Å². The molecule has 2 bridgehead atoms. The molecule has 0 spiro atoms. The molecule has 3 rings (SSSR count). The molecule has 0 aromatic rings. The highest BCUT2D eigenvalue weighted by Crippen LogP contribution is 2.50. The fourth-order valence-corrected chi connectivity index (χ4v) is 4.39. The van der Waals surface area contributed by atoms with Crippen LogP contribution in [0.25, 0.3) is 0 Å². The van der Waals surface area contributed by atoms with Crippen LogP contribution in [-0.4, -0.2) is 5.78 Å². The Morgan fingerprint density at radius 3 is 2.13 bits per heavy atom. The molecule has 15 heavy (non-hydrogen) atoms. The molecular weight excluding hydrogens is 184 g/mol. The van der Waals surface area contributed by atoms with Crippen molar-refractivity contribution in [3.63, 3.8) is 0 Å². The third-order valence-electron chi connectivity index (χ3n) is 5.12. The van der Waals surface area contributed by atoms with Gasteiger partial charge in [0.1, 0.15) is 5.78 Å². The molecule has 3 aliphatic carbocycles. The van der Waals surface area contributed by atoms with Crippen molar-refractivity contribution in [2.45, 2.75) is 57.8 Å². The van der Waals surface area contributed by atoms with E-state index in [1.165, 1.54) is 57.8 Å². The molecule has 0 aromatic heterocycles. The van der Waals surface area contributed by atoms with Crippen LogP contribution in [0.15, 0.2) is 0 Å². The average Bonchev–Trinajstić information content (AvgIpc) is 2.70. The summed E-state index contributed by atoms with van der Waals surface area (Å²) in [5.41, 5.74) is 0. The lowest BCUT2D eigenvalue weighted by Crippen LogP contribution is -2.29. The molecule has 0 aliphatic heterocycles. The van der Waals surface area contributed by atoms with Crippen LogP contribution >= 0.6 is 0 Å². The van der Waals surface area contributed by atoms with Crippen LogP contribution < -0.4 is 0 Å². The first kappa shape index (κ1) is 9.86. The number of hydrogen-bond donors (Lipinski definition) is 0. The molecule has 0 N–H and O–H groups in total. The molecule has 0 radical (unpaired) electrons. The molecule has 84 valence electrons. The van der Waals surface area contributed by atoms with Crippen molar-refractivity contribution in [3.8, 4) is 0 Å². The molecule has 3 aliphatic rings. The zero-order valence-electron chi connectivity index (χ0n) is 9.58. The summed E-state index contributed by atoms with van der Waals surface area (Å²) >= 11 is 0. The van der Waals surface area contributed by atoms with Crippen molar-refractivity contribution in [3.05, 3.63) is 0 Å². The van der Waals surface area contributed by atoms with Gasteiger partial charge >= 0.3 is 0 Å². The summed E-state index contributed by atoms with van der Waals surface area (Å²) in [7, 11) is 0. The summed E-state index contributed by atoms with van der Waals surface area (Å²) in [5.74, 6) is 3.23. The van der Waals surface area contributed by atoms with Crippen molar-refractivity contribution in [1.82, 2.24) is 0 Å². The fourth-order valence-electron chi connectivity index (χ4n) is 4.39. The van der Waals surface area contributed by atoms with Gasteiger partial charge in [0.05, 0.1) is 0 Å². The largest absolute Gasteiger partial charge is 0.299 e. The Bertz CT molecular complexity index is 250. The van der Waals surface area contributed by atoms with Crippen LogP contribution in [0.2, 0.25) is 0 Å². The molecule has 3 unspecified atom stereocenters. The first-order chi connectivity index (χ1) is 7.36. The molecule has 0 heterocycles. The van der Waals surface area contributed by atoms with Gasteiger partial charge in [0.25, 0.3) is 0 Å². The van der Waals surface area contributed by atoms with E-state index in [0.29, 0.717) is 17.6 Å². The molecular formula is C14H22O. The SMILES string of the molecule is O=C1C2CCC(C2)C1C1CCCCCC1. The lowest BCUT2D eigenvalue weighted by atomic mass is 9.75. The second-order valence-corrected chi connectivity index (χ2v) is 5.95. The molecule has 3 atom stereocenters. The third kappa shape index (κ3) is 1.64. The van der Waals surface area contributed by atoms with Crippen LogP contribution in [0, 0.1) is 23.7 Å². The van der Waals surface area contributed by atoms with Gasteiger partial charge in [-0.2, -0.15) is 0 Å². The van der Waals surface area contributed by atoms with E-state index in [9.17, 15) is 4.79 Å². The second kappa shape index (κ2) is 3.92. The quantitative estimate of drug-likeness (QED) is 0.599. The van der Waals surface area contributed by atoms with E-state index >= 15 is 0 Å². The Morgan fingerprint density at radius 1 is 0.800 bits per heavy atom. The zero-order chi connectivity index (χ0) is 10.3. The summed E-state index contributed by atoms with van der Waals surface area (Å²) < 4.78 is 0. The lowest BCUT2D eigenvalue weighted by Gasteiger charge is -2.28. The number of carbonyl (C=O) groups is 1. The maximum Gasteiger partial charge on any atom is 0.139 e. The highest BCUT2D eigenvalue weighted by Gasteiger charge is 2.49. The normalized spacial score (nSPS) is 42.1. The summed E-state index contributed by atoms with van der Waals surface area (Å²) in [6, 6.07) is 0.